The van der Waals surface area contributed by atoms with E-state index in [9.17, 15) is 9.90 Å². The molecule has 0 radical (unpaired) electrons. The maximum Gasteiger partial charge on any atom is 0.246 e. The fourth-order valence-corrected chi connectivity index (χ4v) is 4.13. The van der Waals surface area contributed by atoms with Gasteiger partial charge in [-0.15, -0.1) is 11.3 Å². The summed E-state index contributed by atoms with van der Waals surface area (Å²) in [7, 11) is 0. The summed E-state index contributed by atoms with van der Waals surface area (Å²) in [6, 6.07) is 7.83. The Morgan fingerprint density at radius 2 is 2.32 bits per heavy atom. The smallest absolute Gasteiger partial charge is 0.246 e. The number of nitrogens with zero attached hydrogens (tertiary/aromatic N) is 2. The van der Waals surface area contributed by atoms with Gasteiger partial charge in [-0.3, -0.25) is 4.79 Å². The van der Waals surface area contributed by atoms with Gasteiger partial charge < -0.3 is 14.7 Å². The van der Waals surface area contributed by atoms with E-state index in [1.807, 2.05) is 47.5 Å². The summed E-state index contributed by atoms with van der Waals surface area (Å²) in [5.74, 6) is 0.764. The number of thiazole rings is 1. The number of aliphatic hydroxyl groups excluding tert-OH is 1. The number of aliphatic hydroxyl groups is 1. The quantitative estimate of drug-likeness (QED) is 0.708. The fourth-order valence-electron chi connectivity index (χ4n) is 3.53. The van der Waals surface area contributed by atoms with Gasteiger partial charge in [-0.2, -0.15) is 0 Å². The van der Waals surface area contributed by atoms with Gasteiger partial charge in [0.2, 0.25) is 5.91 Å². The number of hydrogen-bond donors (Lipinski definition) is 1. The minimum absolute atomic E-state index is 0.00891. The van der Waals surface area contributed by atoms with Gasteiger partial charge in [0.1, 0.15) is 12.4 Å². The molecule has 3 rings (SSSR count). The molecule has 5 nitrogen and oxygen atoms in total. The molecule has 1 amide bonds. The van der Waals surface area contributed by atoms with E-state index >= 15 is 0 Å². The predicted molar refractivity (Wildman–Crippen MR) is 112 cm³/mol. The molecule has 1 aromatic carbocycles. The second-order valence-corrected chi connectivity index (χ2v) is 8.38. The summed E-state index contributed by atoms with van der Waals surface area (Å²) >= 11 is 1.61. The number of ether oxygens (including phenoxy) is 1. The maximum absolute atomic E-state index is 12.7. The summed E-state index contributed by atoms with van der Waals surface area (Å²) in [5, 5.41) is 12.7. The fraction of sp³-hybridized carbons (Fsp3) is 0.455. The van der Waals surface area contributed by atoms with E-state index in [1.54, 1.807) is 24.3 Å². The Balaban J connectivity index is 1.60. The lowest BCUT2D eigenvalue weighted by Crippen LogP contribution is -2.44. The van der Waals surface area contributed by atoms with Gasteiger partial charge in [0, 0.05) is 24.0 Å². The van der Waals surface area contributed by atoms with Gasteiger partial charge in [-0.05, 0) is 63.3 Å². The second-order valence-electron chi connectivity index (χ2n) is 7.32. The Bertz CT molecular complexity index is 816. The van der Waals surface area contributed by atoms with E-state index in [1.165, 1.54) is 0 Å². The van der Waals surface area contributed by atoms with Crippen molar-refractivity contribution in [3.63, 3.8) is 0 Å². The highest BCUT2D eigenvalue weighted by molar-refractivity contribution is 7.09. The van der Waals surface area contributed by atoms with Crippen LogP contribution >= 0.6 is 11.3 Å². The average Bonchev–Trinajstić information content (AvgIpc) is 3.10. The number of carbonyl (C=O) groups is 1. The molecule has 28 heavy (non-hydrogen) atoms. The summed E-state index contributed by atoms with van der Waals surface area (Å²) in [5.41, 5.74) is 1.84. The molecule has 150 valence electrons. The van der Waals surface area contributed by atoms with Crippen molar-refractivity contribution in [1.29, 1.82) is 0 Å². The largest absolute Gasteiger partial charge is 0.487 e. The summed E-state index contributed by atoms with van der Waals surface area (Å²) in [4.78, 5) is 19.0. The van der Waals surface area contributed by atoms with Crippen molar-refractivity contribution >= 4 is 23.3 Å². The third-order valence-corrected chi connectivity index (χ3v) is 5.68. The van der Waals surface area contributed by atoms with Crippen molar-refractivity contribution in [3.8, 4) is 5.75 Å². The van der Waals surface area contributed by atoms with Crippen LogP contribution < -0.4 is 4.74 Å². The Morgan fingerprint density at radius 1 is 1.46 bits per heavy atom. The van der Waals surface area contributed by atoms with Crippen LogP contribution in [-0.4, -0.2) is 39.6 Å². The number of hydrogen-bond acceptors (Lipinski definition) is 5. The van der Waals surface area contributed by atoms with Crippen molar-refractivity contribution in [2.45, 2.75) is 58.3 Å². The molecular weight excluding hydrogens is 372 g/mol. The van der Waals surface area contributed by atoms with Gasteiger partial charge in [0.25, 0.3) is 0 Å². The molecule has 0 spiro atoms. The third-order valence-electron chi connectivity index (χ3n) is 4.85. The van der Waals surface area contributed by atoms with Crippen LogP contribution in [-0.2, 0) is 11.4 Å². The molecule has 1 aliphatic rings. The first-order valence-electron chi connectivity index (χ1n) is 9.82. The highest BCUT2D eigenvalue weighted by Crippen LogP contribution is 2.22. The molecule has 2 unspecified atom stereocenters. The number of rotatable bonds is 7. The van der Waals surface area contributed by atoms with E-state index < -0.39 is 6.10 Å². The number of piperidine rings is 1. The topological polar surface area (TPSA) is 62.7 Å². The maximum atomic E-state index is 12.7. The van der Waals surface area contributed by atoms with E-state index in [2.05, 4.69) is 4.98 Å². The second kappa shape index (κ2) is 9.85. The minimum Gasteiger partial charge on any atom is -0.487 e. The van der Waals surface area contributed by atoms with Crippen LogP contribution in [0.2, 0.25) is 0 Å². The lowest BCUT2D eigenvalue weighted by molar-refractivity contribution is -0.130. The van der Waals surface area contributed by atoms with Crippen LogP contribution in [0.15, 0.2) is 35.7 Å². The third kappa shape index (κ3) is 5.91. The van der Waals surface area contributed by atoms with Crippen LogP contribution in [0.4, 0.5) is 0 Å². The van der Waals surface area contributed by atoms with Crippen molar-refractivity contribution in [3.05, 3.63) is 52.0 Å². The van der Waals surface area contributed by atoms with E-state index in [0.717, 1.165) is 47.8 Å². The highest BCUT2D eigenvalue weighted by atomic mass is 32.1. The molecule has 0 bridgehead atoms. The Labute approximate surface area is 170 Å². The van der Waals surface area contributed by atoms with Gasteiger partial charge >= 0.3 is 0 Å². The number of benzene rings is 1. The molecule has 0 saturated carbocycles. The molecular formula is C22H28N2O3S. The summed E-state index contributed by atoms with van der Waals surface area (Å²) in [6.07, 6.45) is 6.80. The van der Waals surface area contributed by atoms with Crippen LogP contribution in [0.3, 0.4) is 0 Å². The zero-order valence-electron chi connectivity index (χ0n) is 16.5. The van der Waals surface area contributed by atoms with Gasteiger partial charge in [-0.25, -0.2) is 4.98 Å². The van der Waals surface area contributed by atoms with Gasteiger partial charge in [-0.1, -0.05) is 12.1 Å². The van der Waals surface area contributed by atoms with Crippen molar-refractivity contribution in [2.24, 2.45) is 0 Å². The minimum atomic E-state index is -0.391. The number of aromatic nitrogens is 1. The molecule has 6 heteroatoms. The Kier molecular flexibility index (Phi) is 7.23. The van der Waals surface area contributed by atoms with Crippen LogP contribution in [0.1, 0.15) is 48.9 Å². The lowest BCUT2D eigenvalue weighted by atomic mass is 9.97. The van der Waals surface area contributed by atoms with E-state index in [0.29, 0.717) is 13.0 Å². The molecule has 2 heterocycles. The molecule has 1 fully saturated rings. The summed E-state index contributed by atoms with van der Waals surface area (Å²) < 4.78 is 5.82. The first-order valence-corrected chi connectivity index (χ1v) is 10.7. The predicted octanol–water partition coefficient (Wildman–Crippen LogP) is 4.20. The number of amides is 1. The first kappa shape index (κ1) is 20.6. The highest BCUT2D eigenvalue weighted by Gasteiger charge is 2.26. The Hall–Kier alpha value is -2.18. The van der Waals surface area contributed by atoms with Crippen molar-refractivity contribution < 1.29 is 14.6 Å². The number of carbonyl (C=O) groups excluding carboxylic acids is 1. The normalized spacial score (nSPS) is 18.4. The van der Waals surface area contributed by atoms with Gasteiger partial charge in [0.15, 0.2) is 0 Å². The van der Waals surface area contributed by atoms with Crippen LogP contribution in [0.5, 0.6) is 5.75 Å². The standard InChI is InChI=1S/C22H28N2O3S/c1-16(25)12-20-7-3-4-11-24(20)22(26)10-9-18-6-5-8-21(13-18)27-14-19-15-28-17(2)23-19/h5-6,8-10,13,15-16,20,25H,3-4,7,11-12,14H2,1-2H3. The van der Waals surface area contributed by atoms with E-state index in [4.69, 9.17) is 4.74 Å². The molecule has 1 N–H and O–H groups in total. The summed E-state index contributed by atoms with van der Waals surface area (Å²) in [6.45, 7) is 4.96. The zero-order valence-corrected chi connectivity index (χ0v) is 17.3. The Morgan fingerprint density at radius 3 is 3.07 bits per heavy atom. The van der Waals surface area contributed by atoms with Crippen LogP contribution in [0, 0.1) is 6.92 Å². The molecule has 1 aliphatic heterocycles. The molecule has 2 atom stereocenters. The molecule has 0 aliphatic carbocycles. The molecule has 2 aromatic rings. The van der Waals surface area contributed by atoms with E-state index in [-0.39, 0.29) is 11.9 Å². The lowest BCUT2D eigenvalue weighted by Gasteiger charge is -2.35. The molecule has 1 saturated heterocycles. The average molecular weight is 401 g/mol. The van der Waals surface area contributed by atoms with Crippen LogP contribution in [0.25, 0.3) is 6.08 Å². The zero-order chi connectivity index (χ0) is 19.9. The SMILES string of the molecule is Cc1nc(COc2cccc(C=CC(=O)N3CCCCC3CC(C)O)c2)cs1. The number of likely N-dealkylation sites (tertiary alicyclic amines) is 1. The van der Waals surface area contributed by atoms with Crippen molar-refractivity contribution in [2.75, 3.05) is 6.54 Å². The molecule has 1 aromatic heterocycles. The van der Waals surface area contributed by atoms with Gasteiger partial charge in [0.05, 0.1) is 16.8 Å². The first-order chi connectivity index (χ1) is 13.5. The number of aryl methyl sites for hydroxylation is 1. The monoisotopic (exact) mass is 400 g/mol. The van der Waals surface area contributed by atoms with Crippen molar-refractivity contribution in [1.82, 2.24) is 9.88 Å².